The molecule has 41 heavy (non-hydrogen) atoms. The molecule has 12 nitrogen and oxygen atoms in total. The Bertz CT molecular complexity index is 1480. The number of nitrogens with one attached hydrogen (secondary N) is 1. The number of alkyl halides is 7. The van der Waals surface area contributed by atoms with Crippen LogP contribution in [0.1, 0.15) is 28.8 Å². The number of anilines is 1. The zero-order valence-electron chi connectivity index (χ0n) is 19.7. The van der Waals surface area contributed by atoms with E-state index in [9.17, 15) is 54.8 Å². The Morgan fingerprint density at radius 2 is 1.80 bits per heavy atom. The van der Waals surface area contributed by atoms with E-state index in [0.29, 0.717) is 11.8 Å². The van der Waals surface area contributed by atoms with Crippen LogP contribution in [0.15, 0.2) is 40.5 Å². The Kier molecular flexibility index (Phi) is 8.79. The molecule has 0 fully saturated rings. The van der Waals surface area contributed by atoms with E-state index in [2.05, 4.69) is 20.5 Å². The number of pyridine rings is 1. The summed E-state index contributed by atoms with van der Waals surface area (Å²) in [7, 11) is 0. The number of hydrogen-bond acceptors (Lipinski definition) is 9. The van der Waals surface area contributed by atoms with Crippen LogP contribution in [0.25, 0.3) is 0 Å². The number of halogens is 8. The lowest BCUT2D eigenvalue weighted by Crippen LogP contribution is -2.50. The first-order valence-electron chi connectivity index (χ1n) is 10.7. The van der Waals surface area contributed by atoms with Crippen molar-refractivity contribution in [1.82, 2.24) is 25.2 Å². The topological polar surface area (TPSA) is 166 Å². The second-order valence-corrected chi connectivity index (χ2v) is 8.89. The SMILES string of the molecule is O=C(O)CCCn1nnnc1Sc1ccc([N+](=O)[O-])cc1C(=O)Nc1ncc(C(F)(F)C(F)(F)C(F)(F)F)cc1F. The minimum absolute atomic E-state index is 0.000209. The van der Waals surface area contributed by atoms with Crippen molar-refractivity contribution >= 4 is 35.1 Å². The molecular formula is C20H13F8N7O5S. The van der Waals surface area contributed by atoms with E-state index < -0.39 is 63.3 Å². The van der Waals surface area contributed by atoms with Crippen molar-refractivity contribution in [1.29, 1.82) is 0 Å². The average molecular weight is 615 g/mol. The summed E-state index contributed by atoms with van der Waals surface area (Å²) in [5, 5.41) is 32.5. The number of aromatic nitrogens is 5. The highest BCUT2D eigenvalue weighted by Crippen LogP contribution is 2.51. The van der Waals surface area contributed by atoms with Gasteiger partial charge in [-0.1, -0.05) is 0 Å². The number of nitrogens with zero attached hydrogens (tertiary/aromatic N) is 6. The maximum absolute atomic E-state index is 14.5. The van der Waals surface area contributed by atoms with E-state index >= 15 is 0 Å². The first-order valence-corrected chi connectivity index (χ1v) is 11.5. The fraction of sp³-hybridized carbons (Fsp3) is 0.300. The second-order valence-electron chi connectivity index (χ2n) is 7.88. The number of non-ortho nitro benzene ring substituents is 1. The van der Waals surface area contributed by atoms with Gasteiger partial charge in [0.15, 0.2) is 11.6 Å². The van der Waals surface area contributed by atoms with Gasteiger partial charge in [0, 0.05) is 41.8 Å². The normalized spacial score (nSPS) is 12.3. The molecule has 0 spiro atoms. The summed E-state index contributed by atoms with van der Waals surface area (Å²) in [6.07, 6.45) is -7.01. The molecule has 0 saturated heterocycles. The molecule has 0 aliphatic heterocycles. The van der Waals surface area contributed by atoms with Gasteiger partial charge in [0.05, 0.1) is 10.5 Å². The Morgan fingerprint density at radius 3 is 2.39 bits per heavy atom. The molecule has 0 atom stereocenters. The number of amides is 1. The second kappa shape index (κ2) is 11.6. The molecule has 0 aliphatic rings. The van der Waals surface area contributed by atoms with Crippen molar-refractivity contribution in [2.24, 2.45) is 0 Å². The molecule has 0 unspecified atom stereocenters. The standard InChI is InChI=1S/C20H13F8N7O5S/c21-12-6-9(18(22,23)19(24,25)20(26,27)28)8-29-15(12)30-16(38)11-7-10(35(39)40)3-4-13(11)41-17-31-32-33-34(17)5-1-2-14(36)37/h3-4,6-8H,1-2,5H2,(H,36,37)(H,29,30,38). The number of nitro benzene ring substituents is 1. The summed E-state index contributed by atoms with van der Waals surface area (Å²) in [4.78, 5) is 36.9. The fourth-order valence-corrected chi connectivity index (χ4v) is 3.93. The van der Waals surface area contributed by atoms with Crippen LogP contribution in [0.5, 0.6) is 0 Å². The summed E-state index contributed by atoms with van der Waals surface area (Å²) >= 11 is 0.673. The Balaban J connectivity index is 1.91. The molecule has 21 heteroatoms. The maximum Gasteiger partial charge on any atom is 0.460 e. The zero-order valence-corrected chi connectivity index (χ0v) is 20.5. The molecule has 1 amide bonds. The van der Waals surface area contributed by atoms with Crippen LogP contribution in [0.2, 0.25) is 0 Å². The first-order chi connectivity index (χ1) is 19.0. The molecule has 2 heterocycles. The minimum atomic E-state index is -6.69. The molecule has 3 aromatic rings. The van der Waals surface area contributed by atoms with Crippen molar-refractivity contribution in [3.05, 3.63) is 57.5 Å². The minimum Gasteiger partial charge on any atom is -0.481 e. The quantitative estimate of drug-likeness (QED) is 0.176. The third kappa shape index (κ3) is 6.66. The van der Waals surface area contributed by atoms with Gasteiger partial charge in [0.25, 0.3) is 11.6 Å². The highest BCUT2D eigenvalue weighted by atomic mass is 32.2. The summed E-state index contributed by atoms with van der Waals surface area (Å²) in [5.74, 6) is -18.0. The predicted octanol–water partition coefficient (Wildman–Crippen LogP) is 4.67. The van der Waals surface area contributed by atoms with Crippen LogP contribution >= 0.6 is 11.8 Å². The summed E-state index contributed by atoms with van der Waals surface area (Å²) in [6, 6.07) is 2.42. The van der Waals surface area contributed by atoms with Crippen molar-refractivity contribution in [3.63, 3.8) is 0 Å². The Labute approximate surface area is 225 Å². The van der Waals surface area contributed by atoms with Crippen molar-refractivity contribution < 1.29 is 54.7 Å². The molecule has 0 saturated carbocycles. The van der Waals surface area contributed by atoms with Gasteiger partial charge in [0.2, 0.25) is 5.16 Å². The van der Waals surface area contributed by atoms with E-state index in [1.165, 1.54) is 0 Å². The fourth-order valence-electron chi connectivity index (χ4n) is 3.02. The Hall–Kier alpha value is -4.43. The number of carbonyl (C=O) groups excluding carboxylic acids is 1. The number of carboxylic acids is 1. The number of aliphatic carboxylic acids is 1. The summed E-state index contributed by atoms with van der Waals surface area (Å²) in [6.45, 7) is 0.0235. The monoisotopic (exact) mass is 615 g/mol. The van der Waals surface area contributed by atoms with E-state index in [-0.39, 0.29) is 41.7 Å². The molecule has 0 aliphatic carbocycles. The predicted molar refractivity (Wildman–Crippen MR) is 119 cm³/mol. The van der Waals surface area contributed by atoms with Crippen LogP contribution in [-0.2, 0) is 17.3 Å². The number of carboxylic acid groups (broad SMARTS) is 1. The van der Waals surface area contributed by atoms with Gasteiger partial charge in [-0.25, -0.2) is 14.1 Å². The smallest absolute Gasteiger partial charge is 0.460 e. The van der Waals surface area contributed by atoms with Crippen LogP contribution in [0.4, 0.5) is 46.6 Å². The zero-order chi connectivity index (χ0) is 30.8. The van der Waals surface area contributed by atoms with E-state index in [1.54, 1.807) is 5.32 Å². The van der Waals surface area contributed by atoms with Gasteiger partial charge >= 0.3 is 24.0 Å². The van der Waals surface area contributed by atoms with Crippen LogP contribution in [0, 0.1) is 15.9 Å². The molecule has 0 bridgehead atoms. The van der Waals surface area contributed by atoms with Gasteiger partial charge < -0.3 is 10.4 Å². The number of hydrogen-bond donors (Lipinski definition) is 2. The van der Waals surface area contributed by atoms with Crippen molar-refractivity contribution in [2.75, 3.05) is 5.32 Å². The summed E-state index contributed by atoms with van der Waals surface area (Å²) < 4.78 is 107. The first kappa shape index (κ1) is 31.1. The van der Waals surface area contributed by atoms with Crippen molar-refractivity contribution in [2.45, 2.75) is 47.5 Å². The number of nitro groups is 1. The van der Waals surface area contributed by atoms with Crippen molar-refractivity contribution in [3.8, 4) is 0 Å². The van der Waals surface area contributed by atoms with Gasteiger partial charge in [-0.15, -0.1) is 5.10 Å². The molecular weight excluding hydrogens is 602 g/mol. The molecule has 220 valence electrons. The lowest BCUT2D eigenvalue weighted by Gasteiger charge is -2.28. The van der Waals surface area contributed by atoms with E-state index in [1.807, 2.05) is 0 Å². The van der Waals surface area contributed by atoms with Crippen LogP contribution < -0.4 is 5.32 Å². The summed E-state index contributed by atoms with van der Waals surface area (Å²) in [5.41, 5.74) is -3.29. The molecule has 3 rings (SSSR count). The maximum atomic E-state index is 14.5. The van der Waals surface area contributed by atoms with Gasteiger partial charge in [-0.05, 0) is 40.7 Å². The molecule has 2 N–H and O–H groups in total. The molecule has 1 aromatic carbocycles. The average Bonchev–Trinajstić information content (AvgIpc) is 3.30. The van der Waals surface area contributed by atoms with Gasteiger partial charge in [-0.3, -0.25) is 19.7 Å². The van der Waals surface area contributed by atoms with Gasteiger partial charge in [0.1, 0.15) is 0 Å². The Morgan fingerprint density at radius 1 is 1.12 bits per heavy atom. The lowest BCUT2D eigenvalue weighted by molar-refractivity contribution is -0.384. The van der Waals surface area contributed by atoms with E-state index in [0.717, 1.165) is 22.9 Å². The molecule has 2 aromatic heterocycles. The van der Waals surface area contributed by atoms with Gasteiger partial charge in [-0.2, -0.15) is 30.7 Å². The third-order valence-electron chi connectivity index (χ3n) is 5.07. The van der Waals surface area contributed by atoms with Crippen LogP contribution in [-0.4, -0.2) is 59.2 Å². The van der Waals surface area contributed by atoms with E-state index in [4.69, 9.17) is 5.11 Å². The highest BCUT2D eigenvalue weighted by Gasteiger charge is 2.73. The number of tetrazole rings is 1. The number of carbonyl (C=O) groups is 2. The third-order valence-corrected chi connectivity index (χ3v) is 6.12. The number of benzene rings is 1. The lowest BCUT2D eigenvalue weighted by atomic mass is 10.0. The largest absolute Gasteiger partial charge is 0.481 e. The molecule has 0 radical (unpaired) electrons. The highest BCUT2D eigenvalue weighted by molar-refractivity contribution is 7.99. The number of rotatable bonds is 11. The number of aryl methyl sites for hydroxylation is 1. The van der Waals surface area contributed by atoms with Crippen LogP contribution in [0.3, 0.4) is 0 Å².